The molecular formula is C28H33N3O3S. The fourth-order valence-corrected chi connectivity index (χ4v) is 6.02. The highest BCUT2D eigenvalue weighted by Crippen LogP contribution is 2.38. The Morgan fingerprint density at radius 3 is 2.74 bits per heavy atom. The first-order chi connectivity index (χ1) is 17.2. The summed E-state index contributed by atoms with van der Waals surface area (Å²) in [5, 5.41) is 3.97. The molecule has 0 radical (unpaired) electrons. The van der Waals surface area contributed by atoms with Crippen LogP contribution >= 0.6 is 11.3 Å². The summed E-state index contributed by atoms with van der Waals surface area (Å²) in [6.07, 6.45) is 5.07. The van der Waals surface area contributed by atoms with Gasteiger partial charge in [-0.05, 0) is 75.4 Å². The van der Waals surface area contributed by atoms with Gasteiger partial charge in [0.05, 0.1) is 18.3 Å². The molecule has 6 nitrogen and oxygen atoms in total. The summed E-state index contributed by atoms with van der Waals surface area (Å²) in [6, 6.07) is 18.5. The molecule has 2 heterocycles. The quantitative estimate of drug-likeness (QED) is 0.373. The third-order valence-corrected chi connectivity index (χ3v) is 8.05. The smallest absolute Gasteiger partial charge is 0.408 e. The van der Waals surface area contributed by atoms with Gasteiger partial charge in [-0.15, -0.1) is 11.3 Å². The van der Waals surface area contributed by atoms with Gasteiger partial charge in [-0.3, -0.25) is 0 Å². The van der Waals surface area contributed by atoms with Gasteiger partial charge in [-0.1, -0.05) is 30.3 Å². The van der Waals surface area contributed by atoms with E-state index in [0.717, 1.165) is 60.0 Å². The Bertz CT molecular complexity index is 1120. The number of aryl methyl sites for hydroxylation is 1. The number of benzene rings is 2. The number of carbonyl (C=O) groups is 1. The molecule has 1 aliphatic carbocycles. The predicted molar refractivity (Wildman–Crippen MR) is 139 cm³/mol. The van der Waals surface area contributed by atoms with E-state index in [1.165, 1.54) is 24.3 Å². The van der Waals surface area contributed by atoms with Gasteiger partial charge < -0.3 is 19.7 Å². The lowest BCUT2D eigenvalue weighted by atomic mass is 10.2. The van der Waals surface area contributed by atoms with Gasteiger partial charge in [0.1, 0.15) is 17.4 Å². The summed E-state index contributed by atoms with van der Waals surface area (Å²) in [5.41, 5.74) is 3.02. The molecule has 2 aromatic carbocycles. The molecule has 0 spiro atoms. The van der Waals surface area contributed by atoms with Gasteiger partial charge in [-0.2, -0.15) is 0 Å². The standard InChI is InChI=1S/C28H33N3O3S/c1-20-7-5-16-31(20)17-6-18-33-23-12-10-22(11-13-23)27-30-26-24(14-15-25(26)35-27)29-28(32)34-19-21-8-3-2-4-9-21/h2-4,8-13,20,24H,5-7,14-19H2,1H3,(H,29,32). The van der Waals surface area contributed by atoms with E-state index in [4.69, 9.17) is 14.5 Å². The number of amides is 1. The molecule has 1 aliphatic heterocycles. The van der Waals surface area contributed by atoms with Crippen LogP contribution in [0.25, 0.3) is 10.6 Å². The number of alkyl carbamates (subject to hydrolysis) is 1. The molecule has 184 valence electrons. The molecule has 1 fully saturated rings. The molecule has 35 heavy (non-hydrogen) atoms. The Balaban J connectivity index is 1.11. The molecule has 1 N–H and O–H groups in total. The molecule has 0 bridgehead atoms. The molecule has 2 aliphatic rings. The number of carbonyl (C=O) groups excluding carboxylic acids is 1. The van der Waals surface area contributed by atoms with Crippen molar-refractivity contribution < 1.29 is 14.3 Å². The van der Waals surface area contributed by atoms with Crippen molar-refractivity contribution in [3.63, 3.8) is 0 Å². The molecule has 5 rings (SSSR count). The van der Waals surface area contributed by atoms with Crippen LogP contribution in [0.2, 0.25) is 0 Å². The maximum Gasteiger partial charge on any atom is 0.408 e. The van der Waals surface area contributed by atoms with Gasteiger partial charge >= 0.3 is 6.09 Å². The van der Waals surface area contributed by atoms with E-state index in [9.17, 15) is 4.79 Å². The second-order valence-electron chi connectivity index (χ2n) is 9.38. The van der Waals surface area contributed by atoms with Crippen molar-refractivity contribution in [3.8, 4) is 16.3 Å². The minimum absolute atomic E-state index is 0.0980. The number of ether oxygens (including phenoxy) is 2. The van der Waals surface area contributed by atoms with Crippen molar-refractivity contribution in [1.29, 1.82) is 0 Å². The molecule has 3 aromatic rings. The highest BCUT2D eigenvalue weighted by molar-refractivity contribution is 7.15. The zero-order valence-electron chi connectivity index (χ0n) is 20.2. The van der Waals surface area contributed by atoms with Crippen LogP contribution in [0.15, 0.2) is 54.6 Å². The zero-order chi connectivity index (χ0) is 24.0. The molecule has 0 saturated carbocycles. The molecule has 1 saturated heterocycles. The average Bonchev–Trinajstić information content (AvgIpc) is 3.59. The van der Waals surface area contributed by atoms with E-state index in [1.807, 2.05) is 42.5 Å². The van der Waals surface area contributed by atoms with Crippen molar-refractivity contribution in [2.24, 2.45) is 0 Å². The molecule has 1 amide bonds. The number of rotatable bonds is 9. The maximum absolute atomic E-state index is 12.3. The highest BCUT2D eigenvalue weighted by atomic mass is 32.1. The van der Waals surface area contributed by atoms with Crippen LogP contribution in [0.4, 0.5) is 4.79 Å². The van der Waals surface area contributed by atoms with E-state index < -0.39 is 6.09 Å². The van der Waals surface area contributed by atoms with E-state index in [0.29, 0.717) is 6.04 Å². The predicted octanol–water partition coefficient (Wildman–Crippen LogP) is 5.98. The second kappa shape index (κ2) is 11.2. The van der Waals surface area contributed by atoms with E-state index >= 15 is 0 Å². The lowest BCUT2D eigenvalue weighted by Gasteiger charge is -2.20. The lowest BCUT2D eigenvalue weighted by Crippen LogP contribution is -2.28. The van der Waals surface area contributed by atoms with Crippen LogP contribution in [-0.4, -0.2) is 41.7 Å². The van der Waals surface area contributed by atoms with Crippen molar-refractivity contribution in [2.75, 3.05) is 19.7 Å². The minimum atomic E-state index is -0.401. The topological polar surface area (TPSA) is 63.7 Å². The molecule has 7 heteroatoms. The Morgan fingerprint density at radius 2 is 1.97 bits per heavy atom. The summed E-state index contributed by atoms with van der Waals surface area (Å²) in [4.78, 5) is 21.0. The Kier molecular flexibility index (Phi) is 7.64. The van der Waals surface area contributed by atoms with Gasteiger partial charge in [0.2, 0.25) is 0 Å². The summed E-state index contributed by atoms with van der Waals surface area (Å²) in [5.74, 6) is 0.896. The third-order valence-electron chi connectivity index (χ3n) is 6.87. The molecule has 1 aromatic heterocycles. The number of aromatic nitrogens is 1. The van der Waals surface area contributed by atoms with Crippen LogP contribution in [0.1, 0.15) is 54.8 Å². The third kappa shape index (κ3) is 6.03. The van der Waals surface area contributed by atoms with Crippen molar-refractivity contribution in [2.45, 2.75) is 57.7 Å². The van der Waals surface area contributed by atoms with Crippen molar-refractivity contribution in [1.82, 2.24) is 15.2 Å². The highest BCUT2D eigenvalue weighted by Gasteiger charge is 2.29. The number of nitrogens with zero attached hydrogens (tertiary/aromatic N) is 2. The van der Waals surface area contributed by atoms with Gasteiger partial charge in [0.15, 0.2) is 0 Å². The van der Waals surface area contributed by atoms with Crippen LogP contribution in [0.5, 0.6) is 5.75 Å². The maximum atomic E-state index is 12.3. The van der Waals surface area contributed by atoms with Crippen molar-refractivity contribution in [3.05, 3.63) is 70.7 Å². The van der Waals surface area contributed by atoms with Crippen LogP contribution in [-0.2, 0) is 17.8 Å². The van der Waals surface area contributed by atoms with Crippen molar-refractivity contribution >= 4 is 17.4 Å². The van der Waals surface area contributed by atoms with E-state index in [-0.39, 0.29) is 12.6 Å². The average molecular weight is 492 g/mol. The number of nitrogens with one attached hydrogen (secondary N) is 1. The van der Waals surface area contributed by atoms with Crippen LogP contribution in [0.3, 0.4) is 0 Å². The fraction of sp³-hybridized carbons (Fsp3) is 0.429. The molecular weight excluding hydrogens is 458 g/mol. The van der Waals surface area contributed by atoms with Gasteiger partial charge in [-0.25, -0.2) is 9.78 Å². The first-order valence-electron chi connectivity index (χ1n) is 12.6. The normalized spacial score (nSPS) is 19.5. The van der Waals surface area contributed by atoms with Crippen LogP contribution in [0, 0.1) is 0 Å². The van der Waals surface area contributed by atoms with Gasteiger partial charge in [0, 0.05) is 23.0 Å². The summed E-state index contributed by atoms with van der Waals surface area (Å²) < 4.78 is 11.4. The molecule has 2 atom stereocenters. The summed E-state index contributed by atoms with van der Waals surface area (Å²) >= 11 is 1.71. The van der Waals surface area contributed by atoms with Crippen LogP contribution < -0.4 is 10.1 Å². The Morgan fingerprint density at radius 1 is 1.14 bits per heavy atom. The van der Waals surface area contributed by atoms with Gasteiger partial charge in [0.25, 0.3) is 0 Å². The summed E-state index contributed by atoms with van der Waals surface area (Å²) in [6.45, 7) is 5.65. The number of likely N-dealkylation sites (tertiary alicyclic amines) is 1. The summed E-state index contributed by atoms with van der Waals surface area (Å²) in [7, 11) is 0. The lowest BCUT2D eigenvalue weighted by molar-refractivity contribution is 0.135. The van der Waals surface area contributed by atoms with E-state index in [2.05, 4.69) is 29.3 Å². The zero-order valence-corrected chi connectivity index (χ0v) is 21.1. The van der Waals surface area contributed by atoms with E-state index in [1.54, 1.807) is 11.3 Å². The number of hydrogen-bond donors (Lipinski definition) is 1. The second-order valence-corrected chi connectivity index (χ2v) is 10.5. The number of fused-ring (bicyclic) bond motifs is 1. The fourth-order valence-electron chi connectivity index (χ4n) is 4.87. The largest absolute Gasteiger partial charge is 0.494 e. The Hall–Kier alpha value is -2.90. The Labute approximate surface area is 211 Å². The monoisotopic (exact) mass is 491 g/mol. The minimum Gasteiger partial charge on any atom is -0.494 e. The SMILES string of the molecule is CC1CCCN1CCCOc1ccc(-c2nc3c(s2)CCC3NC(=O)OCc2ccccc2)cc1. The molecule has 2 unspecified atom stereocenters. The number of thiazole rings is 1. The first kappa shape index (κ1) is 23.8. The first-order valence-corrected chi connectivity index (χ1v) is 13.4. The number of hydrogen-bond acceptors (Lipinski definition) is 6.